The normalized spacial score (nSPS) is 10.7. The van der Waals surface area contributed by atoms with Crippen LogP contribution in [0.5, 0.6) is 0 Å². The lowest BCUT2D eigenvalue weighted by molar-refractivity contribution is -0.143. The van der Waals surface area contributed by atoms with Crippen molar-refractivity contribution in [3.8, 4) is 0 Å². The number of rotatable bonds is 8. The largest absolute Gasteiger partial charge is 0.466 e. The number of halogens is 3. The number of ether oxygens (including phenoxy) is 1. The van der Waals surface area contributed by atoms with Crippen molar-refractivity contribution >= 4 is 79.4 Å². The average Bonchev–Trinajstić information content (AvgIpc) is 2.43. The van der Waals surface area contributed by atoms with E-state index in [1.54, 1.807) is 0 Å². The predicted molar refractivity (Wildman–Crippen MR) is 112 cm³/mol. The molecule has 21 heavy (non-hydrogen) atoms. The van der Waals surface area contributed by atoms with E-state index >= 15 is 0 Å². The first-order chi connectivity index (χ1) is 9.97. The topological polar surface area (TPSA) is 52.3 Å². The zero-order valence-electron chi connectivity index (χ0n) is 12.1. The maximum atomic E-state index is 11.2. The van der Waals surface area contributed by atoms with E-state index in [1.807, 2.05) is 6.92 Å². The molecule has 1 rings (SSSR count). The Hall–Kier alpha value is 0.680. The van der Waals surface area contributed by atoms with E-state index in [9.17, 15) is 4.79 Å². The van der Waals surface area contributed by atoms with Gasteiger partial charge in [0, 0.05) is 17.1 Å². The third-order valence-electron chi connectivity index (χ3n) is 3.16. The van der Waals surface area contributed by atoms with Crippen LogP contribution in [0.1, 0.15) is 44.6 Å². The number of nitrogen functional groups attached to an aromatic ring is 1. The fourth-order valence-electron chi connectivity index (χ4n) is 2.04. The van der Waals surface area contributed by atoms with Gasteiger partial charge >= 0.3 is 5.97 Å². The molecule has 0 bridgehead atoms. The van der Waals surface area contributed by atoms with Gasteiger partial charge in [-0.1, -0.05) is 12.8 Å². The molecule has 3 nitrogen and oxygen atoms in total. The van der Waals surface area contributed by atoms with E-state index in [-0.39, 0.29) is 5.97 Å². The third-order valence-corrected chi connectivity index (χ3v) is 6.25. The van der Waals surface area contributed by atoms with Crippen molar-refractivity contribution in [3.05, 3.63) is 22.3 Å². The van der Waals surface area contributed by atoms with Crippen LogP contribution < -0.4 is 5.73 Å². The van der Waals surface area contributed by atoms with Crippen molar-refractivity contribution < 1.29 is 9.53 Å². The average molecular weight is 627 g/mol. The molecule has 0 unspecified atom stereocenters. The number of unbranched alkanes of at least 4 members (excludes halogenated alkanes) is 3. The van der Waals surface area contributed by atoms with Crippen LogP contribution in [0.3, 0.4) is 0 Å². The highest BCUT2D eigenvalue weighted by Gasteiger charge is 2.11. The summed E-state index contributed by atoms with van der Waals surface area (Å²) in [6.45, 7) is 2.32. The van der Waals surface area contributed by atoms with Crippen LogP contribution in [0.15, 0.2) is 6.07 Å². The van der Waals surface area contributed by atoms with Gasteiger partial charge in [-0.05, 0) is 106 Å². The number of hydrogen-bond acceptors (Lipinski definition) is 3. The summed E-state index contributed by atoms with van der Waals surface area (Å²) in [6.07, 6.45) is 5.86. The first-order valence-electron chi connectivity index (χ1n) is 7.04. The number of carbonyl (C=O) groups excluding carboxylic acids is 1. The summed E-state index contributed by atoms with van der Waals surface area (Å²) in [5.74, 6) is -0.0768. The zero-order chi connectivity index (χ0) is 15.8. The van der Waals surface area contributed by atoms with Crippen molar-refractivity contribution in [1.29, 1.82) is 0 Å². The Morgan fingerprint density at radius 1 is 1.14 bits per heavy atom. The van der Waals surface area contributed by atoms with Crippen LogP contribution in [-0.4, -0.2) is 12.6 Å². The van der Waals surface area contributed by atoms with Crippen molar-refractivity contribution in [2.24, 2.45) is 0 Å². The minimum Gasteiger partial charge on any atom is -0.466 e. The second-order valence-corrected chi connectivity index (χ2v) is 8.17. The summed E-state index contributed by atoms with van der Waals surface area (Å²) in [6, 6.07) is 2.15. The molecule has 0 amide bonds. The summed E-state index contributed by atoms with van der Waals surface area (Å²) in [5, 5.41) is 0. The maximum Gasteiger partial charge on any atom is 0.305 e. The van der Waals surface area contributed by atoms with Gasteiger partial charge in [0.15, 0.2) is 0 Å². The number of hydrogen-bond donors (Lipinski definition) is 1. The van der Waals surface area contributed by atoms with Crippen LogP contribution in [0.2, 0.25) is 0 Å². The summed E-state index contributed by atoms with van der Waals surface area (Å²) >= 11 is 7.02. The molecule has 0 aliphatic heterocycles. The number of anilines is 1. The molecule has 0 atom stereocenters. The van der Waals surface area contributed by atoms with Crippen LogP contribution in [0, 0.1) is 10.7 Å². The lowest BCUT2D eigenvalue weighted by Gasteiger charge is -2.11. The molecule has 0 aromatic heterocycles. The molecule has 0 aliphatic carbocycles. The monoisotopic (exact) mass is 627 g/mol. The lowest BCUT2D eigenvalue weighted by atomic mass is 10.0. The van der Waals surface area contributed by atoms with Gasteiger partial charge in [-0.25, -0.2) is 0 Å². The number of benzene rings is 1. The maximum absolute atomic E-state index is 11.2. The van der Waals surface area contributed by atoms with Crippen LogP contribution in [0.25, 0.3) is 0 Å². The lowest BCUT2D eigenvalue weighted by Crippen LogP contribution is -2.03. The van der Waals surface area contributed by atoms with Gasteiger partial charge in [-0.3, -0.25) is 4.79 Å². The number of nitrogens with two attached hydrogens (primary N) is 1. The first-order valence-corrected chi connectivity index (χ1v) is 10.3. The zero-order valence-corrected chi connectivity index (χ0v) is 18.5. The molecule has 0 heterocycles. The van der Waals surface area contributed by atoms with Crippen LogP contribution in [0.4, 0.5) is 5.69 Å². The van der Waals surface area contributed by atoms with Crippen molar-refractivity contribution in [3.63, 3.8) is 0 Å². The Kier molecular flexibility index (Phi) is 9.82. The molecule has 1 aromatic carbocycles. The summed E-state index contributed by atoms with van der Waals surface area (Å²) in [4.78, 5) is 11.2. The fourth-order valence-corrected chi connectivity index (χ4v) is 5.95. The van der Waals surface area contributed by atoms with Crippen LogP contribution in [-0.2, 0) is 16.0 Å². The minimum atomic E-state index is -0.0768. The van der Waals surface area contributed by atoms with Crippen molar-refractivity contribution in [1.82, 2.24) is 0 Å². The highest BCUT2D eigenvalue weighted by molar-refractivity contribution is 14.1. The first kappa shape index (κ1) is 19.7. The Morgan fingerprint density at radius 3 is 2.48 bits per heavy atom. The van der Waals surface area contributed by atoms with Gasteiger partial charge in [0.05, 0.1) is 12.3 Å². The van der Waals surface area contributed by atoms with Gasteiger partial charge in [0.2, 0.25) is 0 Å². The second kappa shape index (κ2) is 10.5. The molecule has 0 spiro atoms. The molecule has 118 valence electrons. The Bertz CT molecular complexity index is 492. The molecule has 0 saturated carbocycles. The molecule has 0 fully saturated rings. The number of carbonyl (C=O) groups is 1. The van der Waals surface area contributed by atoms with Crippen molar-refractivity contribution in [2.45, 2.75) is 45.4 Å². The van der Waals surface area contributed by atoms with E-state index in [0.717, 1.165) is 41.4 Å². The van der Waals surface area contributed by atoms with E-state index in [1.165, 1.54) is 12.7 Å². The molecule has 0 aliphatic rings. The molecule has 1 aromatic rings. The fraction of sp³-hybridized carbons (Fsp3) is 0.533. The third kappa shape index (κ3) is 6.76. The molecular weight excluding hydrogens is 607 g/mol. The molecule has 0 saturated heterocycles. The SMILES string of the molecule is CCOC(=O)CCCCCCc1c(I)cc(I)c(N)c1I. The Balaban J connectivity index is 2.34. The molecule has 2 N–H and O–H groups in total. The summed E-state index contributed by atoms with van der Waals surface area (Å²) in [7, 11) is 0. The second-order valence-electron chi connectivity index (χ2n) is 4.77. The van der Waals surface area contributed by atoms with Gasteiger partial charge in [-0.15, -0.1) is 0 Å². The van der Waals surface area contributed by atoms with E-state index in [2.05, 4.69) is 73.8 Å². The molecular formula is C15H20I3NO2. The van der Waals surface area contributed by atoms with Gasteiger partial charge < -0.3 is 10.5 Å². The Labute approximate surface area is 167 Å². The van der Waals surface area contributed by atoms with E-state index in [0.29, 0.717) is 13.0 Å². The predicted octanol–water partition coefficient (Wildman–Crippen LogP) is 5.14. The van der Waals surface area contributed by atoms with Gasteiger partial charge in [0.1, 0.15) is 0 Å². The molecule has 6 heteroatoms. The van der Waals surface area contributed by atoms with E-state index < -0.39 is 0 Å². The van der Waals surface area contributed by atoms with Gasteiger partial charge in [-0.2, -0.15) is 0 Å². The summed E-state index contributed by atoms with van der Waals surface area (Å²) in [5.41, 5.74) is 8.35. The Morgan fingerprint density at radius 2 is 1.81 bits per heavy atom. The quantitative estimate of drug-likeness (QED) is 0.188. The summed E-state index contributed by atoms with van der Waals surface area (Å²) < 4.78 is 8.53. The smallest absolute Gasteiger partial charge is 0.305 e. The van der Waals surface area contributed by atoms with Gasteiger partial charge in [0.25, 0.3) is 0 Å². The standard InChI is InChI=1S/C15H20I3NO2/c1-2-21-13(20)8-6-4-3-5-7-10-11(16)9-12(17)15(19)14(10)18/h9H,2-8,19H2,1H3. The molecule has 0 radical (unpaired) electrons. The number of esters is 1. The van der Waals surface area contributed by atoms with Crippen molar-refractivity contribution in [2.75, 3.05) is 12.3 Å². The highest BCUT2D eigenvalue weighted by Crippen LogP contribution is 2.30. The van der Waals surface area contributed by atoms with Crippen LogP contribution >= 0.6 is 67.8 Å². The highest BCUT2D eigenvalue weighted by atomic mass is 127. The minimum absolute atomic E-state index is 0.0768. The van der Waals surface area contributed by atoms with E-state index in [4.69, 9.17) is 10.5 Å².